The molecule has 0 saturated carbocycles. The Hall–Kier alpha value is -1.98. The minimum absolute atomic E-state index is 0.455. The van der Waals surface area contributed by atoms with Gasteiger partial charge < -0.3 is 10.5 Å². The molecule has 1 aromatic rings. The first-order valence-corrected chi connectivity index (χ1v) is 3.93. The van der Waals surface area contributed by atoms with E-state index in [1.807, 2.05) is 0 Å². The van der Waals surface area contributed by atoms with Crippen LogP contribution in [-0.4, -0.2) is 12.1 Å². The maximum atomic E-state index is 13.0. The molecule has 0 unspecified atom stereocenters. The van der Waals surface area contributed by atoms with E-state index in [0.29, 0.717) is 0 Å². The molecule has 0 bridgehead atoms. The third-order valence-corrected chi connectivity index (χ3v) is 1.60. The number of hydrogen-bond acceptors (Lipinski definition) is 3. The summed E-state index contributed by atoms with van der Waals surface area (Å²) >= 11 is 0. The first-order chi connectivity index (χ1) is 7.00. The van der Waals surface area contributed by atoms with Crippen LogP contribution in [0.25, 0.3) is 0 Å². The molecule has 6 heteroatoms. The SMILES string of the molecule is NC(=O)OC(=O)Cc1c(F)cccc1F. The predicted molar refractivity (Wildman–Crippen MR) is 45.7 cm³/mol. The van der Waals surface area contributed by atoms with E-state index in [-0.39, 0.29) is 0 Å². The monoisotopic (exact) mass is 215 g/mol. The van der Waals surface area contributed by atoms with E-state index in [2.05, 4.69) is 10.5 Å². The molecule has 1 aromatic carbocycles. The van der Waals surface area contributed by atoms with Gasteiger partial charge in [-0.2, -0.15) is 0 Å². The van der Waals surface area contributed by atoms with Crippen LogP contribution in [0.2, 0.25) is 0 Å². The normalized spacial score (nSPS) is 9.73. The molecule has 0 heterocycles. The van der Waals surface area contributed by atoms with E-state index in [0.717, 1.165) is 18.2 Å². The van der Waals surface area contributed by atoms with Crippen LogP contribution in [-0.2, 0) is 16.0 Å². The lowest BCUT2D eigenvalue weighted by Crippen LogP contribution is -2.20. The van der Waals surface area contributed by atoms with E-state index in [1.54, 1.807) is 0 Å². The number of esters is 1. The second-order valence-electron chi connectivity index (χ2n) is 2.67. The molecule has 0 fully saturated rings. The van der Waals surface area contributed by atoms with Gasteiger partial charge in [0.15, 0.2) is 0 Å². The second kappa shape index (κ2) is 4.50. The Balaban J connectivity index is 2.80. The summed E-state index contributed by atoms with van der Waals surface area (Å²) in [6.07, 6.45) is -1.99. The summed E-state index contributed by atoms with van der Waals surface area (Å²) in [6, 6.07) is 3.15. The van der Waals surface area contributed by atoms with Crippen LogP contribution < -0.4 is 5.73 Å². The zero-order valence-corrected chi connectivity index (χ0v) is 7.50. The number of carbonyl (C=O) groups is 2. The van der Waals surface area contributed by atoms with E-state index in [4.69, 9.17) is 0 Å². The topological polar surface area (TPSA) is 69.4 Å². The molecule has 1 amide bonds. The fraction of sp³-hybridized carbons (Fsp3) is 0.111. The van der Waals surface area contributed by atoms with Gasteiger partial charge >= 0.3 is 12.1 Å². The predicted octanol–water partition coefficient (Wildman–Crippen LogP) is 1.13. The summed E-state index contributed by atoms with van der Waals surface area (Å²) in [4.78, 5) is 21.0. The van der Waals surface area contributed by atoms with Crippen LogP contribution in [0.4, 0.5) is 13.6 Å². The maximum absolute atomic E-state index is 13.0. The third-order valence-electron chi connectivity index (χ3n) is 1.60. The summed E-state index contributed by atoms with van der Waals surface area (Å²) in [5, 5.41) is 0. The molecule has 0 saturated heterocycles. The summed E-state index contributed by atoms with van der Waals surface area (Å²) in [5.41, 5.74) is 4.10. The Morgan fingerprint density at radius 1 is 1.27 bits per heavy atom. The average molecular weight is 215 g/mol. The van der Waals surface area contributed by atoms with Gasteiger partial charge in [0.2, 0.25) is 0 Å². The number of amides is 1. The summed E-state index contributed by atoms with van der Waals surface area (Å²) < 4.78 is 29.9. The fourth-order valence-electron chi connectivity index (χ4n) is 0.994. The summed E-state index contributed by atoms with van der Waals surface area (Å²) in [5.74, 6) is -2.86. The average Bonchev–Trinajstić information content (AvgIpc) is 2.10. The van der Waals surface area contributed by atoms with Crippen molar-refractivity contribution in [1.82, 2.24) is 0 Å². The van der Waals surface area contributed by atoms with Crippen molar-refractivity contribution in [3.63, 3.8) is 0 Å². The number of benzene rings is 1. The van der Waals surface area contributed by atoms with Crippen LogP contribution in [0.15, 0.2) is 18.2 Å². The lowest BCUT2D eigenvalue weighted by Gasteiger charge is -2.03. The minimum atomic E-state index is -1.31. The van der Waals surface area contributed by atoms with Crippen LogP contribution in [0.1, 0.15) is 5.56 Å². The Kier molecular flexibility index (Phi) is 3.33. The Morgan fingerprint density at radius 3 is 2.27 bits per heavy atom. The van der Waals surface area contributed by atoms with E-state index < -0.39 is 35.7 Å². The van der Waals surface area contributed by atoms with Crippen LogP contribution in [0.3, 0.4) is 0 Å². The molecule has 0 spiro atoms. The lowest BCUT2D eigenvalue weighted by molar-refractivity contribution is -0.136. The lowest BCUT2D eigenvalue weighted by atomic mass is 10.1. The molecule has 0 aliphatic heterocycles. The highest BCUT2D eigenvalue weighted by atomic mass is 19.1. The van der Waals surface area contributed by atoms with Crippen molar-refractivity contribution in [2.45, 2.75) is 6.42 Å². The van der Waals surface area contributed by atoms with E-state index >= 15 is 0 Å². The first-order valence-electron chi connectivity index (χ1n) is 3.93. The highest BCUT2D eigenvalue weighted by Crippen LogP contribution is 2.12. The Bertz CT molecular complexity index is 386. The molecule has 2 N–H and O–H groups in total. The molecular formula is C9H7F2NO3. The van der Waals surface area contributed by atoms with Gasteiger partial charge in [0.05, 0.1) is 6.42 Å². The van der Waals surface area contributed by atoms with Crippen molar-refractivity contribution in [1.29, 1.82) is 0 Å². The largest absolute Gasteiger partial charge is 0.412 e. The summed E-state index contributed by atoms with van der Waals surface area (Å²) in [6.45, 7) is 0. The van der Waals surface area contributed by atoms with Gasteiger partial charge in [-0.1, -0.05) is 6.07 Å². The van der Waals surface area contributed by atoms with Gasteiger partial charge in [-0.25, -0.2) is 13.6 Å². The molecule has 0 radical (unpaired) electrons. The van der Waals surface area contributed by atoms with E-state index in [9.17, 15) is 18.4 Å². The number of carbonyl (C=O) groups excluding carboxylic acids is 2. The van der Waals surface area contributed by atoms with Crippen molar-refractivity contribution in [3.8, 4) is 0 Å². The highest BCUT2D eigenvalue weighted by molar-refractivity contribution is 5.84. The van der Waals surface area contributed by atoms with Gasteiger partial charge in [0, 0.05) is 5.56 Å². The van der Waals surface area contributed by atoms with Crippen LogP contribution >= 0.6 is 0 Å². The highest BCUT2D eigenvalue weighted by Gasteiger charge is 2.15. The third kappa shape index (κ3) is 3.01. The smallest absolute Gasteiger partial charge is 0.376 e. The molecule has 0 atom stereocenters. The van der Waals surface area contributed by atoms with Gasteiger partial charge in [0.1, 0.15) is 11.6 Å². The fourth-order valence-corrected chi connectivity index (χ4v) is 0.994. The van der Waals surface area contributed by atoms with Gasteiger partial charge in [-0.05, 0) is 12.1 Å². The van der Waals surface area contributed by atoms with Crippen molar-refractivity contribution in [3.05, 3.63) is 35.4 Å². The maximum Gasteiger partial charge on any atom is 0.412 e. The number of ether oxygens (including phenoxy) is 1. The Labute approximate surface area is 83.6 Å². The second-order valence-corrected chi connectivity index (χ2v) is 2.67. The van der Waals surface area contributed by atoms with Gasteiger partial charge in [-0.3, -0.25) is 4.79 Å². The minimum Gasteiger partial charge on any atom is -0.376 e. The van der Waals surface area contributed by atoms with Crippen molar-refractivity contribution < 1.29 is 23.1 Å². The zero-order valence-electron chi connectivity index (χ0n) is 7.50. The molecule has 80 valence electrons. The Morgan fingerprint density at radius 2 is 1.80 bits per heavy atom. The molecule has 0 aliphatic carbocycles. The van der Waals surface area contributed by atoms with Crippen LogP contribution in [0, 0.1) is 11.6 Å². The van der Waals surface area contributed by atoms with Gasteiger partial charge in [-0.15, -0.1) is 0 Å². The van der Waals surface area contributed by atoms with E-state index in [1.165, 1.54) is 0 Å². The number of hydrogen-bond donors (Lipinski definition) is 1. The van der Waals surface area contributed by atoms with Crippen molar-refractivity contribution in [2.24, 2.45) is 5.73 Å². The molecular weight excluding hydrogens is 208 g/mol. The quantitative estimate of drug-likeness (QED) is 0.593. The summed E-state index contributed by atoms with van der Waals surface area (Å²) in [7, 11) is 0. The molecule has 4 nitrogen and oxygen atoms in total. The van der Waals surface area contributed by atoms with Gasteiger partial charge in [0.25, 0.3) is 0 Å². The van der Waals surface area contributed by atoms with Crippen molar-refractivity contribution in [2.75, 3.05) is 0 Å². The number of halogens is 2. The molecule has 15 heavy (non-hydrogen) atoms. The van der Waals surface area contributed by atoms with Crippen LogP contribution in [0.5, 0.6) is 0 Å². The number of nitrogens with two attached hydrogens (primary N) is 1. The number of rotatable bonds is 2. The molecule has 1 rings (SSSR count). The zero-order chi connectivity index (χ0) is 11.4. The molecule has 0 aromatic heterocycles. The first kappa shape index (κ1) is 11.1. The number of primary amides is 1. The molecule has 0 aliphatic rings. The standard InChI is InChI=1S/C9H7F2NO3/c10-6-2-1-3-7(11)5(6)4-8(13)15-9(12)14/h1-3H,4H2,(H2,12,14). The van der Waals surface area contributed by atoms with Crippen molar-refractivity contribution >= 4 is 12.1 Å².